The van der Waals surface area contributed by atoms with Crippen LogP contribution in [0.25, 0.3) is 0 Å². The van der Waals surface area contributed by atoms with E-state index < -0.39 is 0 Å². The molecule has 0 atom stereocenters. The van der Waals surface area contributed by atoms with Crippen LogP contribution in [0.2, 0.25) is 0 Å². The van der Waals surface area contributed by atoms with Crippen molar-refractivity contribution in [2.24, 2.45) is 0 Å². The van der Waals surface area contributed by atoms with E-state index >= 15 is 0 Å². The molecule has 0 aliphatic heterocycles. The van der Waals surface area contributed by atoms with Gasteiger partial charge in [0.15, 0.2) is 5.78 Å². The van der Waals surface area contributed by atoms with Crippen LogP contribution in [0.1, 0.15) is 198 Å². The molecule has 0 saturated heterocycles. The van der Waals surface area contributed by atoms with Crippen molar-refractivity contribution in [3.63, 3.8) is 0 Å². The SMILES string of the molecule is CCCCCCCCCCCCCCCOc1cc(OCCCCCCCCCCCCCCC)cc(C(C)=O)c1. The number of hydrogen-bond acceptors (Lipinski definition) is 3. The van der Waals surface area contributed by atoms with Gasteiger partial charge in [0.1, 0.15) is 11.5 Å². The largest absolute Gasteiger partial charge is 0.493 e. The average molecular weight is 573 g/mol. The summed E-state index contributed by atoms with van der Waals surface area (Å²) in [7, 11) is 0. The molecule has 0 aromatic heterocycles. The molecule has 0 N–H and O–H groups in total. The van der Waals surface area contributed by atoms with Gasteiger partial charge < -0.3 is 9.47 Å². The number of ketones is 1. The van der Waals surface area contributed by atoms with Gasteiger partial charge in [-0.1, -0.05) is 168 Å². The molecule has 0 heterocycles. The second kappa shape index (κ2) is 28.6. The number of rotatable bonds is 31. The maximum atomic E-state index is 12.0. The molecule has 3 nitrogen and oxygen atoms in total. The molecule has 1 rings (SSSR count). The molecule has 1 aromatic rings. The van der Waals surface area contributed by atoms with Gasteiger partial charge in [-0.2, -0.15) is 0 Å². The van der Waals surface area contributed by atoms with E-state index in [0.29, 0.717) is 18.8 Å². The van der Waals surface area contributed by atoms with E-state index in [0.717, 1.165) is 24.3 Å². The monoisotopic (exact) mass is 573 g/mol. The maximum Gasteiger partial charge on any atom is 0.160 e. The Hall–Kier alpha value is -1.51. The summed E-state index contributed by atoms with van der Waals surface area (Å²) in [6, 6.07) is 5.68. The van der Waals surface area contributed by atoms with Crippen LogP contribution in [0.5, 0.6) is 11.5 Å². The van der Waals surface area contributed by atoms with E-state index in [2.05, 4.69) is 13.8 Å². The summed E-state index contributed by atoms with van der Waals surface area (Å²) in [5.74, 6) is 1.58. The zero-order valence-electron chi connectivity index (χ0n) is 27.8. The summed E-state index contributed by atoms with van der Waals surface area (Å²) in [5.41, 5.74) is 0.674. The van der Waals surface area contributed by atoms with Crippen LogP contribution >= 0.6 is 0 Å². The molecular weight excluding hydrogens is 504 g/mol. The Morgan fingerprint density at radius 3 is 0.976 bits per heavy atom. The predicted octanol–water partition coefficient (Wildman–Crippen LogP) is 12.8. The number of Topliss-reactive ketones (excluding diaryl/α,β-unsaturated/α-hetero) is 1. The highest BCUT2D eigenvalue weighted by atomic mass is 16.5. The average Bonchev–Trinajstić information content (AvgIpc) is 2.97. The highest BCUT2D eigenvalue weighted by Crippen LogP contribution is 2.24. The van der Waals surface area contributed by atoms with Crippen LogP contribution in [-0.2, 0) is 0 Å². The van der Waals surface area contributed by atoms with Gasteiger partial charge in [-0.05, 0) is 31.9 Å². The molecule has 0 aliphatic carbocycles. The highest BCUT2D eigenvalue weighted by Gasteiger charge is 2.07. The minimum Gasteiger partial charge on any atom is -0.493 e. The molecule has 0 spiro atoms. The molecule has 0 radical (unpaired) electrons. The van der Waals surface area contributed by atoms with Crippen molar-refractivity contribution in [2.75, 3.05) is 13.2 Å². The maximum absolute atomic E-state index is 12.0. The molecule has 238 valence electrons. The van der Waals surface area contributed by atoms with Crippen LogP contribution in [0.3, 0.4) is 0 Å². The fourth-order valence-electron chi connectivity index (χ4n) is 5.56. The normalized spacial score (nSPS) is 11.2. The lowest BCUT2D eigenvalue weighted by Crippen LogP contribution is -2.02. The standard InChI is InChI=1S/C38H68O3/c1-4-6-8-10-12-14-16-18-20-22-24-26-28-30-40-37-32-36(35(3)39)33-38(34-37)41-31-29-27-25-23-21-19-17-15-13-11-9-7-5-2/h32-34H,4-31H2,1-3H3. The Morgan fingerprint density at radius 1 is 0.439 bits per heavy atom. The lowest BCUT2D eigenvalue weighted by molar-refractivity contribution is 0.101. The second-order valence-electron chi connectivity index (χ2n) is 12.4. The Kier molecular flexibility index (Phi) is 26.2. The highest BCUT2D eigenvalue weighted by molar-refractivity contribution is 5.94. The minimum atomic E-state index is 0.0576. The lowest BCUT2D eigenvalue weighted by atomic mass is 10.0. The quantitative estimate of drug-likeness (QED) is 0.0655. The van der Waals surface area contributed by atoms with Crippen molar-refractivity contribution in [1.82, 2.24) is 0 Å². The molecular formula is C38H68O3. The fraction of sp³-hybridized carbons (Fsp3) is 0.816. The van der Waals surface area contributed by atoms with Crippen molar-refractivity contribution < 1.29 is 14.3 Å². The first kappa shape index (κ1) is 37.5. The van der Waals surface area contributed by atoms with Crippen molar-refractivity contribution in [3.05, 3.63) is 23.8 Å². The third kappa shape index (κ3) is 23.7. The summed E-state index contributed by atoms with van der Waals surface area (Å²) in [6.45, 7) is 7.59. The van der Waals surface area contributed by atoms with Crippen molar-refractivity contribution >= 4 is 5.78 Å². The Bertz CT molecular complexity index is 663. The van der Waals surface area contributed by atoms with Crippen molar-refractivity contribution in [1.29, 1.82) is 0 Å². The summed E-state index contributed by atoms with van der Waals surface area (Å²) >= 11 is 0. The second-order valence-corrected chi connectivity index (χ2v) is 12.4. The Labute approximate surface area is 255 Å². The third-order valence-corrected chi connectivity index (χ3v) is 8.32. The summed E-state index contributed by atoms with van der Waals surface area (Å²) < 4.78 is 12.1. The van der Waals surface area contributed by atoms with Crippen LogP contribution < -0.4 is 9.47 Å². The number of ether oxygens (including phenoxy) is 2. The van der Waals surface area contributed by atoms with Gasteiger partial charge in [0.25, 0.3) is 0 Å². The van der Waals surface area contributed by atoms with Crippen LogP contribution in [0.15, 0.2) is 18.2 Å². The van der Waals surface area contributed by atoms with Gasteiger partial charge in [-0.25, -0.2) is 0 Å². The van der Waals surface area contributed by atoms with Crippen molar-refractivity contribution in [3.8, 4) is 11.5 Å². The van der Waals surface area contributed by atoms with E-state index in [9.17, 15) is 4.79 Å². The first-order chi connectivity index (χ1) is 20.2. The van der Waals surface area contributed by atoms with Gasteiger partial charge >= 0.3 is 0 Å². The smallest absolute Gasteiger partial charge is 0.160 e. The first-order valence-corrected chi connectivity index (χ1v) is 18.1. The third-order valence-electron chi connectivity index (χ3n) is 8.32. The van der Waals surface area contributed by atoms with E-state index in [1.54, 1.807) is 6.92 Å². The molecule has 0 fully saturated rings. The van der Waals surface area contributed by atoms with Gasteiger partial charge in [-0.3, -0.25) is 4.79 Å². The Balaban J connectivity index is 2.08. The number of carbonyl (C=O) groups excluding carboxylic acids is 1. The fourth-order valence-corrected chi connectivity index (χ4v) is 5.56. The number of benzene rings is 1. The van der Waals surface area contributed by atoms with Crippen molar-refractivity contribution in [2.45, 2.75) is 188 Å². The summed E-state index contributed by atoms with van der Waals surface area (Å²) in [6.07, 6.45) is 35.0. The van der Waals surface area contributed by atoms with E-state index in [4.69, 9.17) is 9.47 Å². The van der Waals surface area contributed by atoms with Gasteiger partial charge in [0, 0.05) is 11.6 Å². The molecule has 41 heavy (non-hydrogen) atoms. The van der Waals surface area contributed by atoms with Crippen LogP contribution in [-0.4, -0.2) is 19.0 Å². The molecule has 3 heteroatoms. The number of carbonyl (C=O) groups is 1. The van der Waals surface area contributed by atoms with E-state index in [1.807, 2.05) is 18.2 Å². The summed E-state index contributed by atoms with van der Waals surface area (Å²) in [4.78, 5) is 12.0. The molecule has 0 amide bonds. The number of unbranched alkanes of at least 4 members (excludes halogenated alkanes) is 24. The molecule has 1 aromatic carbocycles. The van der Waals surface area contributed by atoms with E-state index in [-0.39, 0.29) is 5.78 Å². The van der Waals surface area contributed by atoms with E-state index in [1.165, 1.54) is 154 Å². The zero-order chi connectivity index (χ0) is 29.6. The molecule has 0 aliphatic rings. The zero-order valence-corrected chi connectivity index (χ0v) is 27.8. The van der Waals surface area contributed by atoms with Crippen LogP contribution in [0.4, 0.5) is 0 Å². The van der Waals surface area contributed by atoms with Gasteiger partial charge in [0.05, 0.1) is 13.2 Å². The van der Waals surface area contributed by atoms with Gasteiger partial charge in [-0.15, -0.1) is 0 Å². The minimum absolute atomic E-state index is 0.0576. The Morgan fingerprint density at radius 2 is 0.707 bits per heavy atom. The topological polar surface area (TPSA) is 35.5 Å². The molecule has 0 bridgehead atoms. The number of hydrogen-bond donors (Lipinski definition) is 0. The predicted molar refractivity (Wildman–Crippen MR) is 179 cm³/mol. The summed E-state index contributed by atoms with van der Waals surface area (Å²) in [5, 5.41) is 0. The lowest BCUT2D eigenvalue weighted by Gasteiger charge is -2.12. The molecule has 0 saturated carbocycles. The molecule has 0 unspecified atom stereocenters. The van der Waals surface area contributed by atoms with Crippen LogP contribution in [0, 0.1) is 0 Å². The first-order valence-electron chi connectivity index (χ1n) is 18.1. The van der Waals surface area contributed by atoms with Gasteiger partial charge in [0.2, 0.25) is 0 Å².